The van der Waals surface area contributed by atoms with Crippen LogP contribution in [-0.4, -0.2) is 16.7 Å². The molecule has 2 rings (SSSR count). The van der Waals surface area contributed by atoms with Crippen molar-refractivity contribution in [3.05, 3.63) is 29.3 Å². The van der Waals surface area contributed by atoms with Crippen LogP contribution in [0.4, 0.5) is 0 Å². The van der Waals surface area contributed by atoms with Crippen LogP contribution in [0.15, 0.2) is 24.3 Å². The first-order valence-corrected chi connectivity index (χ1v) is 5.43. The summed E-state index contributed by atoms with van der Waals surface area (Å²) < 4.78 is 1.24. The first kappa shape index (κ1) is 9.58. The summed E-state index contributed by atoms with van der Waals surface area (Å²) in [6.45, 7) is 0.621. The lowest BCUT2D eigenvalue weighted by Crippen LogP contribution is -2.09. The lowest BCUT2D eigenvalue weighted by Gasteiger charge is -1.93. The summed E-state index contributed by atoms with van der Waals surface area (Å²) in [5, 5.41) is 9.56. The van der Waals surface area contributed by atoms with Gasteiger partial charge in [-0.2, -0.15) is 0 Å². The largest absolute Gasteiger partial charge is 0.317 e. The molecule has 0 spiro atoms. The van der Waals surface area contributed by atoms with Crippen molar-refractivity contribution >= 4 is 21.6 Å². The van der Waals surface area contributed by atoms with Gasteiger partial charge in [-0.15, -0.1) is 11.3 Å². The van der Waals surface area contributed by atoms with Gasteiger partial charge in [0.15, 0.2) is 0 Å². The average Bonchev–Trinajstić information content (AvgIpc) is 2.60. The van der Waals surface area contributed by atoms with Crippen molar-refractivity contribution in [2.75, 3.05) is 6.54 Å². The van der Waals surface area contributed by atoms with Gasteiger partial charge >= 0.3 is 0 Å². The van der Waals surface area contributed by atoms with Crippen LogP contribution in [0.1, 0.15) is 11.4 Å². The maximum Gasteiger partial charge on any atom is 0.0939 e. The number of hydrogen-bond donors (Lipinski definition) is 2. The Balaban J connectivity index is 2.11. The number of para-hydroxylation sites is 1. The second kappa shape index (κ2) is 4.50. The fraction of sp³-hybridized carbons (Fsp3) is 0.300. The molecule has 3 nitrogen and oxygen atoms in total. The summed E-state index contributed by atoms with van der Waals surface area (Å²) in [5.74, 6) is 0. The quantitative estimate of drug-likeness (QED) is 0.598. The zero-order chi connectivity index (χ0) is 9.80. The maximum atomic E-state index is 8.42. The molecule has 0 atom stereocenters. The van der Waals surface area contributed by atoms with Gasteiger partial charge in [-0.25, -0.2) is 10.5 Å². The van der Waals surface area contributed by atoms with Gasteiger partial charge in [-0.05, 0) is 18.6 Å². The number of fused-ring (bicyclic) bond motifs is 1. The predicted octanol–water partition coefficient (Wildman–Crippen LogP) is 2.21. The van der Waals surface area contributed by atoms with Gasteiger partial charge in [0.25, 0.3) is 0 Å². The van der Waals surface area contributed by atoms with Crippen molar-refractivity contribution in [2.24, 2.45) is 0 Å². The Labute approximate surface area is 86.4 Å². The monoisotopic (exact) mass is 208 g/mol. The molecule has 0 aliphatic carbocycles. The molecule has 0 fully saturated rings. The van der Waals surface area contributed by atoms with Crippen LogP contribution in [0, 0.1) is 0 Å². The average molecular weight is 208 g/mol. The molecule has 1 aromatic heterocycles. The highest BCUT2D eigenvalue weighted by Crippen LogP contribution is 2.22. The number of aromatic nitrogens is 1. The molecule has 0 aliphatic heterocycles. The van der Waals surface area contributed by atoms with Crippen molar-refractivity contribution in [1.29, 1.82) is 0 Å². The molecule has 0 aliphatic rings. The second-order valence-corrected chi connectivity index (χ2v) is 4.20. The standard InChI is InChI=1S/C10H12N2OS/c13-11-7-3-6-10-12-8-4-1-2-5-9(8)14-10/h1-2,4-5,11,13H,3,6-7H2. The lowest BCUT2D eigenvalue weighted by molar-refractivity contribution is 0.166. The number of rotatable bonds is 4. The third-order valence-corrected chi connectivity index (χ3v) is 3.11. The molecule has 0 saturated heterocycles. The normalized spacial score (nSPS) is 10.9. The van der Waals surface area contributed by atoms with E-state index in [1.54, 1.807) is 11.3 Å². The Kier molecular flexibility index (Phi) is 3.08. The van der Waals surface area contributed by atoms with Crippen LogP contribution in [0.25, 0.3) is 10.2 Å². The molecule has 0 radical (unpaired) electrons. The number of hydrogen-bond acceptors (Lipinski definition) is 4. The third kappa shape index (κ3) is 2.09. The molecule has 0 bridgehead atoms. The van der Waals surface area contributed by atoms with E-state index in [4.69, 9.17) is 5.21 Å². The smallest absolute Gasteiger partial charge is 0.0939 e. The number of benzene rings is 1. The molecule has 1 heterocycles. The molecule has 0 saturated carbocycles. The first-order valence-electron chi connectivity index (χ1n) is 4.61. The molecule has 0 unspecified atom stereocenters. The van der Waals surface area contributed by atoms with Gasteiger partial charge in [0.05, 0.1) is 15.2 Å². The van der Waals surface area contributed by atoms with E-state index >= 15 is 0 Å². The Morgan fingerprint density at radius 3 is 3.00 bits per heavy atom. The zero-order valence-electron chi connectivity index (χ0n) is 7.73. The van der Waals surface area contributed by atoms with Crippen LogP contribution in [-0.2, 0) is 6.42 Å². The van der Waals surface area contributed by atoms with E-state index < -0.39 is 0 Å². The third-order valence-electron chi connectivity index (χ3n) is 2.02. The van der Waals surface area contributed by atoms with Crippen molar-refractivity contribution in [3.8, 4) is 0 Å². The summed E-state index contributed by atoms with van der Waals surface area (Å²) in [6.07, 6.45) is 1.84. The van der Waals surface area contributed by atoms with Crippen LogP contribution in [0.2, 0.25) is 0 Å². The second-order valence-electron chi connectivity index (χ2n) is 3.09. The van der Waals surface area contributed by atoms with E-state index in [1.165, 1.54) is 4.70 Å². The summed E-state index contributed by atoms with van der Waals surface area (Å²) in [5.41, 5.74) is 3.22. The Morgan fingerprint density at radius 1 is 1.36 bits per heavy atom. The highest BCUT2D eigenvalue weighted by Gasteiger charge is 2.01. The first-order chi connectivity index (χ1) is 6.90. The van der Waals surface area contributed by atoms with Gasteiger partial charge < -0.3 is 5.21 Å². The lowest BCUT2D eigenvalue weighted by atomic mass is 10.3. The van der Waals surface area contributed by atoms with E-state index in [0.29, 0.717) is 6.54 Å². The molecule has 2 N–H and O–H groups in total. The fourth-order valence-electron chi connectivity index (χ4n) is 1.35. The van der Waals surface area contributed by atoms with Crippen molar-refractivity contribution in [1.82, 2.24) is 10.5 Å². The minimum atomic E-state index is 0.621. The topological polar surface area (TPSA) is 45.1 Å². The van der Waals surface area contributed by atoms with Crippen molar-refractivity contribution in [3.63, 3.8) is 0 Å². The van der Waals surface area contributed by atoms with E-state index in [2.05, 4.69) is 16.5 Å². The van der Waals surface area contributed by atoms with Crippen LogP contribution < -0.4 is 5.48 Å². The van der Waals surface area contributed by atoms with Crippen LogP contribution in [0.3, 0.4) is 0 Å². The summed E-state index contributed by atoms with van der Waals surface area (Å²) >= 11 is 1.73. The minimum Gasteiger partial charge on any atom is -0.317 e. The zero-order valence-corrected chi connectivity index (χ0v) is 8.55. The Bertz CT molecular complexity index is 380. The molecular weight excluding hydrogens is 196 g/mol. The summed E-state index contributed by atoms with van der Waals surface area (Å²) in [6, 6.07) is 8.14. The molecule has 0 amide bonds. The van der Waals surface area contributed by atoms with Gasteiger partial charge in [0, 0.05) is 13.0 Å². The number of nitrogens with one attached hydrogen (secondary N) is 1. The molecule has 4 heteroatoms. The number of thiazole rings is 1. The van der Waals surface area contributed by atoms with Crippen LogP contribution >= 0.6 is 11.3 Å². The molecule has 74 valence electrons. The van der Waals surface area contributed by atoms with E-state index in [0.717, 1.165) is 23.4 Å². The molecule has 2 aromatic rings. The highest BCUT2D eigenvalue weighted by molar-refractivity contribution is 7.18. The van der Waals surface area contributed by atoms with Gasteiger partial charge in [-0.3, -0.25) is 0 Å². The van der Waals surface area contributed by atoms with Gasteiger partial charge in [0.2, 0.25) is 0 Å². The van der Waals surface area contributed by atoms with Crippen molar-refractivity contribution < 1.29 is 5.21 Å². The van der Waals surface area contributed by atoms with Crippen molar-refractivity contribution in [2.45, 2.75) is 12.8 Å². The van der Waals surface area contributed by atoms with E-state index in [-0.39, 0.29) is 0 Å². The number of nitrogens with zero attached hydrogens (tertiary/aromatic N) is 1. The Morgan fingerprint density at radius 2 is 2.21 bits per heavy atom. The highest BCUT2D eigenvalue weighted by atomic mass is 32.1. The van der Waals surface area contributed by atoms with E-state index in [1.807, 2.05) is 18.2 Å². The Hall–Kier alpha value is -0.970. The molecule has 14 heavy (non-hydrogen) atoms. The maximum absolute atomic E-state index is 8.42. The van der Waals surface area contributed by atoms with E-state index in [9.17, 15) is 0 Å². The molecular formula is C10H12N2OS. The summed E-state index contributed by atoms with van der Waals surface area (Å²) in [7, 11) is 0. The van der Waals surface area contributed by atoms with Gasteiger partial charge in [-0.1, -0.05) is 12.1 Å². The number of aryl methyl sites for hydroxylation is 1. The fourth-order valence-corrected chi connectivity index (χ4v) is 2.35. The minimum absolute atomic E-state index is 0.621. The van der Waals surface area contributed by atoms with Crippen LogP contribution in [0.5, 0.6) is 0 Å². The molecule has 1 aromatic carbocycles. The summed E-state index contributed by atoms with van der Waals surface area (Å²) in [4.78, 5) is 4.49. The number of hydroxylamine groups is 1. The predicted molar refractivity (Wildman–Crippen MR) is 57.7 cm³/mol. The van der Waals surface area contributed by atoms with Gasteiger partial charge in [0.1, 0.15) is 0 Å². The SMILES string of the molecule is ONCCCc1nc2ccccc2s1.